The summed E-state index contributed by atoms with van der Waals surface area (Å²) in [5, 5.41) is 9.40. The zero-order chi connectivity index (χ0) is 12.7. The summed E-state index contributed by atoms with van der Waals surface area (Å²) >= 11 is 0. The van der Waals surface area contributed by atoms with E-state index >= 15 is 0 Å². The summed E-state index contributed by atoms with van der Waals surface area (Å²) < 4.78 is 9.78. The lowest BCUT2D eigenvalue weighted by Gasteiger charge is -2.03. The second-order valence-electron chi connectivity index (χ2n) is 3.46. The molecule has 0 amide bonds. The van der Waals surface area contributed by atoms with Crippen LogP contribution in [0.25, 0.3) is 6.08 Å². The Morgan fingerprint density at radius 1 is 1.47 bits per heavy atom. The molecule has 0 aromatic heterocycles. The van der Waals surface area contributed by atoms with Crippen LogP contribution < -0.4 is 4.74 Å². The molecule has 0 aliphatic rings. The van der Waals surface area contributed by atoms with Gasteiger partial charge in [-0.3, -0.25) is 4.79 Å². The number of phenolic OH excluding ortho intramolecular Hbond substituents is 1. The highest BCUT2D eigenvalue weighted by Gasteiger charge is 1.99. The maximum absolute atomic E-state index is 10.5. The predicted octanol–water partition coefficient (Wildman–Crippen LogP) is 2.37. The zero-order valence-electron chi connectivity index (χ0n) is 9.97. The molecule has 17 heavy (non-hydrogen) atoms. The molecular weight excluding hydrogens is 220 g/mol. The average Bonchev–Trinajstić information content (AvgIpc) is 2.30. The number of methoxy groups -OCH3 is 1. The first-order valence-corrected chi connectivity index (χ1v) is 5.30. The minimum atomic E-state index is -0.273. The third kappa shape index (κ3) is 4.59. The molecule has 92 valence electrons. The summed E-state index contributed by atoms with van der Waals surface area (Å²) in [5.41, 5.74) is 0.919. The van der Waals surface area contributed by atoms with E-state index < -0.39 is 0 Å². The summed E-state index contributed by atoms with van der Waals surface area (Å²) in [6.45, 7) is 1.76. The fraction of sp³-hybridized carbons (Fsp3) is 0.308. The van der Waals surface area contributed by atoms with E-state index in [0.717, 1.165) is 5.56 Å². The Labute approximate surface area is 100 Å². The predicted molar refractivity (Wildman–Crippen MR) is 64.9 cm³/mol. The molecule has 1 aromatic carbocycles. The van der Waals surface area contributed by atoms with Crippen LogP contribution >= 0.6 is 0 Å². The maximum atomic E-state index is 10.5. The lowest BCUT2D eigenvalue weighted by molar-refractivity contribution is -0.140. The first-order chi connectivity index (χ1) is 8.13. The topological polar surface area (TPSA) is 55.8 Å². The Morgan fingerprint density at radius 3 is 2.88 bits per heavy atom. The van der Waals surface area contributed by atoms with Crippen molar-refractivity contribution in [2.45, 2.75) is 13.3 Å². The normalized spacial score (nSPS) is 10.5. The number of hydrogen-bond donors (Lipinski definition) is 1. The first-order valence-electron chi connectivity index (χ1n) is 5.30. The Balaban J connectivity index is 2.50. The van der Waals surface area contributed by atoms with Gasteiger partial charge >= 0.3 is 5.97 Å². The van der Waals surface area contributed by atoms with Crippen LogP contribution in [0.2, 0.25) is 0 Å². The third-order valence-electron chi connectivity index (χ3n) is 2.10. The van der Waals surface area contributed by atoms with E-state index in [0.29, 0.717) is 18.8 Å². The van der Waals surface area contributed by atoms with E-state index in [-0.39, 0.29) is 11.7 Å². The molecule has 0 unspecified atom stereocenters. The van der Waals surface area contributed by atoms with Gasteiger partial charge in [0.05, 0.1) is 13.7 Å². The fourth-order valence-corrected chi connectivity index (χ4v) is 1.29. The number of phenols is 1. The second-order valence-corrected chi connectivity index (χ2v) is 3.46. The summed E-state index contributed by atoms with van der Waals surface area (Å²) in [7, 11) is 1.50. The Bertz CT molecular complexity index is 410. The Hall–Kier alpha value is -1.97. The molecule has 0 atom stereocenters. The molecular formula is C13H16O4. The number of aromatic hydroxyl groups is 1. The molecule has 0 spiro atoms. The largest absolute Gasteiger partial charge is 0.504 e. The van der Waals surface area contributed by atoms with Crippen LogP contribution in [-0.4, -0.2) is 24.8 Å². The smallest absolute Gasteiger partial charge is 0.302 e. The lowest BCUT2D eigenvalue weighted by atomic mass is 10.2. The number of carbonyl (C=O) groups excluding carboxylic acids is 1. The van der Waals surface area contributed by atoms with Crippen LogP contribution in [0.3, 0.4) is 0 Å². The van der Waals surface area contributed by atoms with Crippen LogP contribution in [0.4, 0.5) is 0 Å². The quantitative estimate of drug-likeness (QED) is 0.630. The van der Waals surface area contributed by atoms with E-state index in [1.807, 2.05) is 12.2 Å². The van der Waals surface area contributed by atoms with Crippen LogP contribution in [0.15, 0.2) is 24.3 Å². The van der Waals surface area contributed by atoms with Crippen LogP contribution in [0, 0.1) is 0 Å². The summed E-state index contributed by atoms with van der Waals surface area (Å²) in [6, 6.07) is 5.09. The molecule has 0 heterocycles. The number of hydrogen-bond acceptors (Lipinski definition) is 4. The fourth-order valence-electron chi connectivity index (χ4n) is 1.29. The van der Waals surface area contributed by atoms with Gasteiger partial charge in [0.1, 0.15) is 0 Å². The molecule has 1 aromatic rings. The van der Waals surface area contributed by atoms with Gasteiger partial charge in [0.2, 0.25) is 0 Å². The zero-order valence-corrected chi connectivity index (χ0v) is 9.97. The SMILES string of the molecule is COc1cc(C=CCCOC(C)=O)ccc1O. The van der Waals surface area contributed by atoms with Crippen LogP contribution in [0.1, 0.15) is 18.9 Å². The van der Waals surface area contributed by atoms with E-state index in [1.165, 1.54) is 14.0 Å². The van der Waals surface area contributed by atoms with Crippen LogP contribution in [0.5, 0.6) is 11.5 Å². The van der Waals surface area contributed by atoms with Gasteiger partial charge < -0.3 is 14.6 Å². The van der Waals surface area contributed by atoms with Gasteiger partial charge in [-0.25, -0.2) is 0 Å². The van der Waals surface area contributed by atoms with Gasteiger partial charge in [0.25, 0.3) is 0 Å². The van der Waals surface area contributed by atoms with Gasteiger partial charge in [0.15, 0.2) is 11.5 Å². The monoisotopic (exact) mass is 236 g/mol. The van der Waals surface area contributed by atoms with Crippen molar-refractivity contribution in [2.24, 2.45) is 0 Å². The molecule has 0 fully saturated rings. The van der Waals surface area contributed by atoms with Crippen LogP contribution in [-0.2, 0) is 9.53 Å². The third-order valence-corrected chi connectivity index (χ3v) is 2.10. The van der Waals surface area contributed by atoms with E-state index in [4.69, 9.17) is 9.47 Å². The number of esters is 1. The van der Waals surface area contributed by atoms with Gasteiger partial charge in [-0.15, -0.1) is 0 Å². The first kappa shape index (κ1) is 13.1. The molecule has 0 saturated carbocycles. The number of rotatable bonds is 5. The van der Waals surface area contributed by atoms with Gasteiger partial charge in [-0.1, -0.05) is 18.2 Å². The van der Waals surface area contributed by atoms with Crippen molar-refractivity contribution in [1.82, 2.24) is 0 Å². The molecule has 4 nitrogen and oxygen atoms in total. The number of benzene rings is 1. The molecule has 1 rings (SSSR count). The minimum absolute atomic E-state index is 0.115. The molecule has 0 radical (unpaired) electrons. The van der Waals surface area contributed by atoms with Gasteiger partial charge in [0, 0.05) is 6.92 Å². The second kappa shape index (κ2) is 6.58. The Kier molecular flexibility index (Phi) is 5.07. The average molecular weight is 236 g/mol. The summed E-state index contributed by atoms with van der Waals surface area (Å²) in [4.78, 5) is 10.5. The van der Waals surface area contributed by atoms with Crippen molar-refractivity contribution in [3.05, 3.63) is 29.8 Å². The van der Waals surface area contributed by atoms with E-state index in [9.17, 15) is 9.90 Å². The van der Waals surface area contributed by atoms with Crippen molar-refractivity contribution in [2.75, 3.05) is 13.7 Å². The van der Waals surface area contributed by atoms with Crippen molar-refractivity contribution in [3.8, 4) is 11.5 Å². The van der Waals surface area contributed by atoms with E-state index in [1.54, 1.807) is 18.2 Å². The molecule has 0 saturated heterocycles. The highest BCUT2D eigenvalue weighted by molar-refractivity contribution is 5.65. The molecule has 1 N–H and O–H groups in total. The Morgan fingerprint density at radius 2 is 2.24 bits per heavy atom. The lowest BCUT2D eigenvalue weighted by Crippen LogP contribution is -1.98. The van der Waals surface area contributed by atoms with Gasteiger partial charge in [-0.05, 0) is 24.1 Å². The highest BCUT2D eigenvalue weighted by Crippen LogP contribution is 2.26. The van der Waals surface area contributed by atoms with Crippen molar-refractivity contribution in [3.63, 3.8) is 0 Å². The highest BCUT2D eigenvalue weighted by atomic mass is 16.5. The summed E-state index contributed by atoms with van der Waals surface area (Å²) in [5.74, 6) is 0.279. The molecule has 0 aliphatic carbocycles. The van der Waals surface area contributed by atoms with Crippen molar-refractivity contribution >= 4 is 12.0 Å². The van der Waals surface area contributed by atoms with Crippen molar-refractivity contribution in [1.29, 1.82) is 0 Å². The minimum Gasteiger partial charge on any atom is -0.504 e. The van der Waals surface area contributed by atoms with Gasteiger partial charge in [-0.2, -0.15) is 0 Å². The molecule has 4 heteroatoms. The molecule has 0 aliphatic heterocycles. The number of ether oxygens (including phenoxy) is 2. The molecule has 0 bridgehead atoms. The van der Waals surface area contributed by atoms with E-state index in [2.05, 4.69) is 0 Å². The summed E-state index contributed by atoms with van der Waals surface area (Å²) in [6.07, 6.45) is 4.43. The standard InChI is InChI=1S/C13H16O4/c1-10(14)17-8-4-3-5-11-6-7-12(15)13(9-11)16-2/h3,5-7,9,15H,4,8H2,1-2H3. The maximum Gasteiger partial charge on any atom is 0.302 e. The number of carbonyl (C=O) groups is 1. The van der Waals surface area contributed by atoms with Crippen molar-refractivity contribution < 1.29 is 19.4 Å².